The third-order valence-electron chi connectivity index (χ3n) is 4.02. The third-order valence-corrected chi connectivity index (χ3v) is 4.02. The summed E-state index contributed by atoms with van der Waals surface area (Å²) in [5, 5.41) is 13.4. The van der Waals surface area contributed by atoms with Crippen molar-refractivity contribution in [2.75, 3.05) is 7.11 Å². The predicted molar refractivity (Wildman–Crippen MR) is 72.8 cm³/mol. The van der Waals surface area contributed by atoms with Gasteiger partial charge in [0.05, 0.1) is 7.11 Å². The van der Waals surface area contributed by atoms with Crippen molar-refractivity contribution in [3.63, 3.8) is 0 Å². The molecule has 118 valence electrons. The highest BCUT2D eigenvalue weighted by molar-refractivity contribution is 5.28. The van der Waals surface area contributed by atoms with E-state index in [1.807, 2.05) is 0 Å². The van der Waals surface area contributed by atoms with Gasteiger partial charge in [-0.15, -0.1) is 0 Å². The fourth-order valence-corrected chi connectivity index (χ4v) is 2.40. The highest BCUT2D eigenvalue weighted by Crippen LogP contribution is 2.49. The monoisotopic (exact) mass is 310 g/mol. The number of rotatable bonds is 5. The normalized spacial score (nSPS) is 17.1. The van der Waals surface area contributed by atoms with Crippen LogP contribution in [0.25, 0.3) is 0 Å². The molecule has 0 radical (unpaired) electrons. The first-order valence-electron chi connectivity index (χ1n) is 7.01. The summed E-state index contributed by atoms with van der Waals surface area (Å²) >= 11 is 0. The number of benzene rings is 1. The van der Waals surface area contributed by atoms with Crippen LogP contribution in [0.3, 0.4) is 0 Å². The summed E-state index contributed by atoms with van der Waals surface area (Å²) in [6, 6.07) is 7.13. The van der Waals surface area contributed by atoms with Crippen molar-refractivity contribution in [3.05, 3.63) is 41.5 Å². The molecule has 1 aromatic carbocycles. The number of aromatic nitrogens is 2. The van der Waals surface area contributed by atoms with Gasteiger partial charge in [-0.1, -0.05) is 17.3 Å². The van der Waals surface area contributed by atoms with Gasteiger partial charge in [0.2, 0.25) is 0 Å². The van der Waals surface area contributed by atoms with Crippen LogP contribution in [0.2, 0.25) is 0 Å². The summed E-state index contributed by atoms with van der Waals surface area (Å²) in [5.74, 6) is -3.48. The van der Waals surface area contributed by atoms with E-state index in [0.717, 1.165) is 5.56 Å². The molecule has 0 aliphatic heterocycles. The Balaban J connectivity index is 1.75. The van der Waals surface area contributed by atoms with Gasteiger partial charge in [-0.3, -0.25) is 0 Å². The summed E-state index contributed by atoms with van der Waals surface area (Å²) in [6.45, 7) is 0. The number of hydrogen-bond acceptors (Lipinski definition) is 5. The molecule has 0 amide bonds. The zero-order chi connectivity index (χ0) is 15.8. The summed E-state index contributed by atoms with van der Waals surface area (Å²) in [4.78, 5) is 3.75. The maximum atomic E-state index is 14.2. The molecule has 0 unspecified atom stereocenters. The van der Waals surface area contributed by atoms with Gasteiger partial charge in [0.1, 0.15) is 11.4 Å². The Morgan fingerprint density at radius 2 is 2.00 bits per heavy atom. The van der Waals surface area contributed by atoms with Crippen molar-refractivity contribution in [2.45, 2.75) is 37.2 Å². The minimum absolute atomic E-state index is 0.0379. The number of hydrogen-bond donors (Lipinski definition) is 1. The number of nitrogens with zero attached hydrogens (tertiary/aromatic N) is 2. The number of halogens is 2. The molecule has 0 spiro atoms. The minimum atomic E-state index is -3.52. The quantitative estimate of drug-likeness (QED) is 0.919. The second-order valence-corrected chi connectivity index (χ2v) is 5.50. The maximum absolute atomic E-state index is 14.2. The number of methoxy groups -OCH3 is 1. The van der Waals surface area contributed by atoms with Crippen LogP contribution >= 0.6 is 0 Å². The van der Waals surface area contributed by atoms with Crippen LogP contribution in [0.1, 0.15) is 36.5 Å². The lowest BCUT2D eigenvalue weighted by molar-refractivity contribution is -0.235. The Hall–Kier alpha value is -2.02. The number of alkyl halides is 2. The summed E-state index contributed by atoms with van der Waals surface area (Å²) in [6.07, 6.45) is 0.910. The molecule has 1 aromatic heterocycles. The summed E-state index contributed by atoms with van der Waals surface area (Å²) < 4.78 is 38.1. The Morgan fingerprint density at radius 1 is 1.32 bits per heavy atom. The number of ether oxygens (including phenoxy) is 1. The van der Waals surface area contributed by atoms with Gasteiger partial charge in [-0.2, -0.15) is 13.8 Å². The molecule has 5 nitrogen and oxygen atoms in total. The van der Waals surface area contributed by atoms with Crippen molar-refractivity contribution < 1.29 is 23.1 Å². The van der Waals surface area contributed by atoms with E-state index >= 15 is 0 Å². The third kappa shape index (κ3) is 2.45. The van der Waals surface area contributed by atoms with E-state index in [1.165, 1.54) is 0 Å². The highest BCUT2D eigenvalue weighted by Gasteiger charge is 2.60. The molecule has 22 heavy (non-hydrogen) atoms. The standard InChI is InChI=1S/C15H16F2N2O3/c1-21-11-5-3-10(4-6-11)9-12-18-13(22-19-12)15(16,17)14(20)7-2-8-14/h3-6,20H,2,7-9H2,1H3. The molecular weight excluding hydrogens is 294 g/mol. The largest absolute Gasteiger partial charge is 0.497 e. The van der Waals surface area contributed by atoms with E-state index < -0.39 is 17.4 Å². The van der Waals surface area contributed by atoms with Gasteiger partial charge in [-0.25, -0.2) is 0 Å². The lowest BCUT2D eigenvalue weighted by Gasteiger charge is -2.40. The van der Waals surface area contributed by atoms with Crippen molar-refractivity contribution in [1.82, 2.24) is 10.1 Å². The van der Waals surface area contributed by atoms with Crippen LogP contribution in [0, 0.1) is 0 Å². The molecule has 1 N–H and O–H groups in total. The van der Waals surface area contributed by atoms with Gasteiger partial charge in [0, 0.05) is 6.42 Å². The Labute approximate surface area is 125 Å². The molecule has 2 aromatic rings. The van der Waals surface area contributed by atoms with Crippen LogP contribution < -0.4 is 4.74 Å². The smallest absolute Gasteiger partial charge is 0.352 e. The maximum Gasteiger partial charge on any atom is 0.352 e. The van der Waals surface area contributed by atoms with E-state index in [0.29, 0.717) is 12.2 Å². The molecule has 1 fully saturated rings. The van der Waals surface area contributed by atoms with Gasteiger partial charge in [0.25, 0.3) is 5.89 Å². The molecule has 7 heteroatoms. The van der Waals surface area contributed by atoms with Gasteiger partial charge >= 0.3 is 5.92 Å². The molecule has 1 aliphatic carbocycles. The second-order valence-electron chi connectivity index (χ2n) is 5.50. The zero-order valence-electron chi connectivity index (χ0n) is 12.1. The SMILES string of the molecule is COc1ccc(Cc2noc(C(F)(F)C3(O)CCC3)n2)cc1. The zero-order valence-corrected chi connectivity index (χ0v) is 12.1. The van der Waals surface area contributed by atoms with E-state index in [9.17, 15) is 13.9 Å². The molecule has 3 rings (SSSR count). The Morgan fingerprint density at radius 3 is 2.55 bits per heavy atom. The fourth-order valence-electron chi connectivity index (χ4n) is 2.40. The first-order valence-corrected chi connectivity index (χ1v) is 7.01. The van der Waals surface area contributed by atoms with Crippen LogP contribution in [0.15, 0.2) is 28.8 Å². The van der Waals surface area contributed by atoms with Crippen LogP contribution in [-0.2, 0) is 12.3 Å². The van der Waals surface area contributed by atoms with Crippen LogP contribution in [0.4, 0.5) is 8.78 Å². The van der Waals surface area contributed by atoms with Gasteiger partial charge in [-0.05, 0) is 37.0 Å². The molecule has 0 atom stereocenters. The average molecular weight is 310 g/mol. The molecule has 0 saturated heterocycles. The average Bonchev–Trinajstić information content (AvgIpc) is 2.94. The molecule has 0 bridgehead atoms. The molecule has 1 heterocycles. The topological polar surface area (TPSA) is 68.4 Å². The Kier molecular flexibility index (Phi) is 3.60. The second kappa shape index (κ2) is 5.31. The van der Waals surface area contributed by atoms with Gasteiger partial charge in [0.15, 0.2) is 5.82 Å². The summed E-state index contributed by atoms with van der Waals surface area (Å²) in [7, 11) is 1.56. The van der Waals surface area contributed by atoms with E-state index in [4.69, 9.17) is 4.74 Å². The van der Waals surface area contributed by atoms with Gasteiger partial charge < -0.3 is 14.4 Å². The van der Waals surface area contributed by atoms with Crippen LogP contribution in [0.5, 0.6) is 5.75 Å². The van der Waals surface area contributed by atoms with Crippen molar-refractivity contribution in [3.8, 4) is 5.75 Å². The van der Waals surface area contributed by atoms with E-state index in [1.54, 1.807) is 31.4 Å². The van der Waals surface area contributed by atoms with Crippen LogP contribution in [-0.4, -0.2) is 28.0 Å². The first kappa shape index (κ1) is 14.9. The number of aliphatic hydroxyl groups is 1. The van der Waals surface area contributed by atoms with Crippen molar-refractivity contribution in [2.24, 2.45) is 0 Å². The Bertz CT molecular complexity index is 651. The predicted octanol–water partition coefficient (Wildman–Crippen LogP) is 2.68. The first-order chi connectivity index (χ1) is 10.4. The van der Waals surface area contributed by atoms with E-state index in [2.05, 4.69) is 14.7 Å². The summed E-state index contributed by atoms with van der Waals surface area (Å²) in [5.41, 5.74) is -1.21. The van der Waals surface area contributed by atoms with Crippen molar-refractivity contribution >= 4 is 0 Å². The lowest BCUT2D eigenvalue weighted by Crippen LogP contribution is -2.51. The van der Waals surface area contributed by atoms with E-state index in [-0.39, 0.29) is 25.1 Å². The van der Waals surface area contributed by atoms with Crippen molar-refractivity contribution in [1.29, 1.82) is 0 Å². The minimum Gasteiger partial charge on any atom is -0.497 e. The lowest BCUT2D eigenvalue weighted by atomic mass is 9.75. The fraction of sp³-hybridized carbons (Fsp3) is 0.467. The highest BCUT2D eigenvalue weighted by atomic mass is 19.3. The molecular formula is C15H16F2N2O3. The molecule has 1 saturated carbocycles. The molecule has 1 aliphatic rings.